The Morgan fingerprint density at radius 3 is 2.31 bits per heavy atom. The molecule has 2 heterocycles. The van der Waals surface area contributed by atoms with E-state index in [4.69, 9.17) is 4.43 Å². The van der Waals surface area contributed by atoms with Crippen LogP contribution in [0.3, 0.4) is 0 Å². The Labute approximate surface area is 214 Å². The van der Waals surface area contributed by atoms with Gasteiger partial charge in [0.25, 0.3) is 5.56 Å². The predicted molar refractivity (Wildman–Crippen MR) is 135 cm³/mol. The maximum Gasteiger partial charge on any atom is 0.534 e. The standard InChI is InChI=1S/C22H32F3N3O5S2Si/c1-21(2,3)36(5,6)32-13-14-7-9-15(10-8-14)28-18(29)11-17(33-35(30,31)22(23,24)25)16-12-26-20(34-4)27-19(16)28/h11-12,14-15H,7-10,13H2,1-6H3. The van der Waals surface area contributed by atoms with Gasteiger partial charge in [-0.15, -0.1) is 0 Å². The Bertz CT molecular complexity index is 1270. The van der Waals surface area contributed by atoms with Crippen molar-refractivity contribution < 1.29 is 30.2 Å². The fourth-order valence-corrected chi connectivity index (χ4v) is 5.77. The van der Waals surface area contributed by atoms with E-state index < -0.39 is 35.3 Å². The molecule has 3 rings (SSSR count). The Balaban J connectivity index is 1.90. The number of nitrogens with zero attached hydrogens (tertiary/aromatic N) is 3. The summed E-state index contributed by atoms with van der Waals surface area (Å²) in [5, 5.41) is 0.320. The molecule has 0 unspecified atom stereocenters. The second-order valence-corrected chi connectivity index (χ2v) is 17.7. The third kappa shape index (κ3) is 6.08. The van der Waals surface area contributed by atoms with Crippen LogP contribution in [0.5, 0.6) is 5.75 Å². The van der Waals surface area contributed by atoms with Gasteiger partial charge in [0.05, 0.1) is 5.39 Å². The van der Waals surface area contributed by atoms with Crippen LogP contribution in [0, 0.1) is 5.92 Å². The lowest BCUT2D eigenvalue weighted by Gasteiger charge is -2.38. The van der Waals surface area contributed by atoms with Crippen molar-refractivity contribution in [2.24, 2.45) is 5.92 Å². The second-order valence-electron chi connectivity index (χ2n) is 10.5. The van der Waals surface area contributed by atoms with Crippen LogP contribution in [-0.2, 0) is 14.5 Å². The van der Waals surface area contributed by atoms with E-state index in [1.165, 1.54) is 22.5 Å². The SMILES string of the molecule is CSc1ncc2c(OS(=O)(=O)C(F)(F)F)cc(=O)n(C3CCC(CO[Si](C)(C)C(C)(C)C)CC3)c2n1. The highest BCUT2D eigenvalue weighted by atomic mass is 32.2. The summed E-state index contributed by atoms with van der Waals surface area (Å²) >= 11 is 1.19. The van der Waals surface area contributed by atoms with Gasteiger partial charge in [0.2, 0.25) is 0 Å². The van der Waals surface area contributed by atoms with E-state index in [1.54, 1.807) is 6.26 Å². The topological polar surface area (TPSA) is 100 Å². The Kier molecular flexibility index (Phi) is 8.24. The third-order valence-electron chi connectivity index (χ3n) is 7.07. The van der Waals surface area contributed by atoms with E-state index in [9.17, 15) is 26.4 Å². The van der Waals surface area contributed by atoms with Gasteiger partial charge in [-0.2, -0.15) is 21.6 Å². The minimum absolute atomic E-state index is 0.0511. The number of fused-ring (bicyclic) bond motifs is 1. The highest BCUT2D eigenvalue weighted by molar-refractivity contribution is 7.98. The molecule has 1 aliphatic rings. The van der Waals surface area contributed by atoms with Crippen LogP contribution < -0.4 is 9.74 Å². The maximum absolute atomic E-state index is 13.1. The van der Waals surface area contributed by atoms with Gasteiger partial charge >= 0.3 is 15.6 Å². The zero-order valence-corrected chi connectivity index (χ0v) is 23.8. The average molecular weight is 568 g/mol. The zero-order chi connectivity index (χ0) is 27.1. The molecule has 1 aliphatic carbocycles. The summed E-state index contributed by atoms with van der Waals surface area (Å²) in [4.78, 5) is 21.4. The molecule has 8 nitrogen and oxygen atoms in total. The summed E-state index contributed by atoms with van der Waals surface area (Å²) in [6.07, 6.45) is 5.83. The quantitative estimate of drug-likeness (QED) is 0.142. The molecule has 0 bridgehead atoms. The third-order valence-corrected chi connectivity index (χ3v) is 13.1. The monoisotopic (exact) mass is 567 g/mol. The lowest BCUT2D eigenvalue weighted by molar-refractivity contribution is -0.0499. The second kappa shape index (κ2) is 10.3. The number of rotatable bonds is 7. The number of aromatic nitrogens is 3. The molecular formula is C22H32F3N3O5S2Si. The van der Waals surface area contributed by atoms with Gasteiger partial charge in [-0.1, -0.05) is 32.5 Å². The summed E-state index contributed by atoms with van der Waals surface area (Å²) in [6, 6.07) is 0.516. The van der Waals surface area contributed by atoms with Gasteiger partial charge in [0.1, 0.15) is 0 Å². The van der Waals surface area contributed by atoms with Crippen molar-refractivity contribution in [3.63, 3.8) is 0 Å². The molecule has 14 heteroatoms. The van der Waals surface area contributed by atoms with Crippen molar-refractivity contribution in [3.8, 4) is 5.75 Å². The minimum Gasteiger partial charge on any atom is -0.417 e. The molecule has 0 atom stereocenters. The van der Waals surface area contributed by atoms with Gasteiger partial charge in [0, 0.05) is 24.9 Å². The van der Waals surface area contributed by atoms with Crippen LogP contribution in [0.2, 0.25) is 18.1 Å². The molecular weight excluding hydrogens is 535 g/mol. The van der Waals surface area contributed by atoms with Crippen LogP contribution in [0.1, 0.15) is 52.5 Å². The molecule has 0 saturated heterocycles. The zero-order valence-electron chi connectivity index (χ0n) is 21.2. The molecule has 0 N–H and O–H groups in total. The van der Waals surface area contributed by atoms with Crippen LogP contribution in [0.4, 0.5) is 13.2 Å². The number of halogens is 3. The molecule has 0 spiro atoms. The summed E-state index contributed by atoms with van der Waals surface area (Å²) in [5.74, 6) is -0.402. The van der Waals surface area contributed by atoms with Crippen molar-refractivity contribution >= 4 is 41.2 Å². The first-order chi connectivity index (χ1) is 16.5. The van der Waals surface area contributed by atoms with Crippen molar-refractivity contribution in [2.45, 2.75) is 81.3 Å². The largest absolute Gasteiger partial charge is 0.534 e. The summed E-state index contributed by atoms with van der Waals surface area (Å²) < 4.78 is 74.1. The first-order valence-electron chi connectivity index (χ1n) is 11.6. The highest BCUT2D eigenvalue weighted by Crippen LogP contribution is 2.39. The molecule has 1 saturated carbocycles. The normalized spacial score (nSPS) is 20.0. The predicted octanol–water partition coefficient (Wildman–Crippen LogP) is 5.49. The lowest BCUT2D eigenvalue weighted by Crippen LogP contribution is -2.42. The molecule has 0 radical (unpaired) electrons. The summed E-state index contributed by atoms with van der Waals surface area (Å²) in [7, 11) is -7.85. The fraction of sp³-hybridized carbons (Fsp3) is 0.682. The van der Waals surface area contributed by atoms with Crippen molar-refractivity contribution in [1.82, 2.24) is 14.5 Å². The van der Waals surface area contributed by atoms with E-state index in [2.05, 4.69) is 48.0 Å². The molecule has 2 aromatic rings. The summed E-state index contributed by atoms with van der Waals surface area (Å²) in [5.41, 5.74) is -6.27. The van der Waals surface area contributed by atoms with E-state index in [1.807, 2.05) is 0 Å². The van der Waals surface area contributed by atoms with Crippen molar-refractivity contribution in [2.75, 3.05) is 12.9 Å². The highest BCUT2D eigenvalue weighted by Gasteiger charge is 2.49. The first-order valence-corrected chi connectivity index (χ1v) is 17.1. The smallest absolute Gasteiger partial charge is 0.417 e. The first kappa shape index (κ1) is 28.9. The van der Waals surface area contributed by atoms with Crippen molar-refractivity contribution in [3.05, 3.63) is 22.6 Å². The van der Waals surface area contributed by atoms with Gasteiger partial charge in [0.15, 0.2) is 24.9 Å². The van der Waals surface area contributed by atoms with Crippen LogP contribution in [0.15, 0.2) is 22.2 Å². The Morgan fingerprint density at radius 1 is 1.17 bits per heavy atom. The number of thioether (sulfide) groups is 1. The van der Waals surface area contributed by atoms with Gasteiger partial charge in [-0.3, -0.25) is 9.36 Å². The molecule has 0 aliphatic heterocycles. The molecule has 0 amide bonds. The maximum atomic E-state index is 13.1. The van der Waals surface area contributed by atoms with Crippen molar-refractivity contribution in [1.29, 1.82) is 0 Å². The summed E-state index contributed by atoms with van der Waals surface area (Å²) in [6.45, 7) is 11.6. The van der Waals surface area contributed by atoms with E-state index in [-0.39, 0.29) is 22.1 Å². The van der Waals surface area contributed by atoms with Gasteiger partial charge in [-0.25, -0.2) is 9.97 Å². The lowest BCUT2D eigenvalue weighted by atomic mass is 9.86. The van der Waals surface area contributed by atoms with E-state index >= 15 is 0 Å². The molecule has 36 heavy (non-hydrogen) atoms. The van der Waals surface area contributed by atoms with Crippen LogP contribution in [-0.4, -0.2) is 49.6 Å². The van der Waals surface area contributed by atoms with E-state index in [0.717, 1.165) is 18.9 Å². The number of alkyl halides is 3. The molecule has 1 fully saturated rings. The Morgan fingerprint density at radius 2 is 1.78 bits per heavy atom. The number of hydrogen-bond donors (Lipinski definition) is 0. The average Bonchev–Trinajstić information content (AvgIpc) is 2.76. The minimum atomic E-state index is -5.97. The fourth-order valence-electron chi connectivity index (χ4n) is 3.88. The number of pyridine rings is 1. The molecule has 2 aromatic heterocycles. The van der Waals surface area contributed by atoms with Crippen LogP contribution in [0.25, 0.3) is 11.0 Å². The van der Waals surface area contributed by atoms with Gasteiger partial charge < -0.3 is 8.61 Å². The number of hydrogen-bond acceptors (Lipinski definition) is 8. The van der Waals surface area contributed by atoms with Gasteiger partial charge in [-0.05, 0) is 56.0 Å². The Hall–Kier alpha value is -1.64. The molecule has 202 valence electrons. The van der Waals surface area contributed by atoms with Crippen LogP contribution >= 0.6 is 11.8 Å². The van der Waals surface area contributed by atoms with E-state index in [0.29, 0.717) is 30.5 Å². The molecule has 0 aromatic carbocycles.